The Labute approximate surface area is 136 Å². The lowest BCUT2D eigenvalue weighted by Gasteiger charge is -2.25. The van der Waals surface area contributed by atoms with Crippen LogP contribution < -0.4 is 0 Å². The third kappa shape index (κ3) is 2.31. The normalized spacial score (nSPS) is 30.7. The summed E-state index contributed by atoms with van der Waals surface area (Å²) in [6, 6.07) is 10.1. The molecule has 1 aromatic heterocycles. The van der Waals surface area contributed by atoms with E-state index in [1.807, 2.05) is 30.3 Å². The van der Waals surface area contributed by atoms with Crippen LogP contribution in [0.1, 0.15) is 37.9 Å². The lowest BCUT2D eigenvalue weighted by molar-refractivity contribution is 0.283. The molecule has 2 aromatic rings. The molecule has 4 nitrogen and oxygen atoms in total. The van der Waals surface area contributed by atoms with Crippen LogP contribution in [-0.4, -0.2) is 34.7 Å². The molecule has 0 spiro atoms. The number of likely N-dealkylation sites (tertiary alicyclic amines) is 1. The van der Waals surface area contributed by atoms with Crippen molar-refractivity contribution in [3.05, 3.63) is 36.2 Å². The lowest BCUT2D eigenvalue weighted by Crippen LogP contribution is -2.33. The summed E-state index contributed by atoms with van der Waals surface area (Å²) in [7, 11) is 0. The molecule has 3 fully saturated rings. The van der Waals surface area contributed by atoms with E-state index in [0.717, 1.165) is 23.9 Å². The molecule has 2 aliphatic carbocycles. The van der Waals surface area contributed by atoms with E-state index in [1.165, 1.54) is 45.2 Å². The Morgan fingerprint density at radius 1 is 1.17 bits per heavy atom. The number of hydrogen-bond acceptors (Lipinski definition) is 4. The van der Waals surface area contributed by atoms with Crippen molar-refractivity contribution < 1.29 is 4.52 Å². The summed E-state index contributed by atoms with van der Waals surface area (Å²) in [6.07, 6.45) is 6.68. The molecule has 0 bridgehead atoms. The Balaban J connectivity index is 1.44. The minimum atomic E-state index is 0.144. The van der Waals surface area contributed by atoms with E-state index in [1.54, 1.807) is 0 Å². The first-order chi connectivity index (χ1) is 11.3. The average Bonchev–Trinajstić information content (AvgIpc) is 2.99. The molecule has 120 valence electrons. The van der Waals surface area contributed by atoms with Gasteiger partial charge in [-0.1, -0.05) is 29.8 Å². The first-order valence-electron chi connectivity index (χ1n) is 8.95. The Hall–Kier alpha value is -1.68. The van der Waals surface area contributed by atoms with Crippen LogP contribution in [0.2, 0.25) is 0 Å². The van der Waals surface area contributed by atoms with Crippen LogP contribution in [-0.2, 0) is 5.41 Å². The first-order valence-corrected chi connectivity index (χ1v) is 8.95. The van der Waals surface area contributed by atoms with Crippen LogP contribution in [0.3, 0.4) is 0 Å². The third-order valence-electron chi connectivity index (χ3n) is 6.05. The highest BCUT2D eigenvalue weighted by Crippen LogP contribution is 2.50. The van der Waals surface area contributed by atoms with E-state index >= 15 is 0 Å². The molecular formula is C19H23N3O. The third-order valence-corrected chi connectivity index (χ3v) is 6.05. The average molecular weight is 309 g/mol. The summed E-state index contributed by atoms with van der Waals surface area (Å²) < 4.78 is 5.62. The van der Waals surface area contributed by atoms with Gasteiger partial charge in [0, 0.05) is 25.2 Å². The molecule has 5 rings (SSSR count). The van der Waals surface area contributed by atoms with Crippen molar-refractivity contribution >= 4 is 0 Å². The molecular weight excluding hydrogens is 286 g/mol. The SMILES string of the molecule is c1ccc(-c2nc([C@@]34CCC[C@@H]3CN(CC3CC3)C4)no2)cc1. The summed E-state index contributed by atoms with van der Waals surface area (Å²) in [4.78, 5) is 7.49. The molecule has 4 heteroatoms. The van der Waals surface area contributed by atoms with Gasteiger partial charge >= 0.3 is 0 Å². The van der Waals surface area contributed by atoms with Crippen molar-refractivity contribution in [1.29, 1.82) is 0 Å². The van der Waals surface area contributed by atoms with Crippen LogP contribution in [0.15, 0.2) is 34.9 Å². The zero-order valence-electron chi connectivity index (χ0n) is 13.4. The van der Waals surface area contributed by atoms with Gasteiger partial charge in [0.15, 0.2) is 5.82 Å². The molecule has 1 aliphatic heterocycles. The van der Waals surface area contributed by atoms with Crippen molar-refractivity contribution in [2.75, 3.05) is 19.6 Å². The zero-order chi connectivity index (χ0) is 15.3. The number of rotatable bonds is 4. The van der Waals surface area contributed by atoms with Gasteiger partial charge in [-0.25, -0.2) is 0 Å². The molecule has 1 aromatic carbocycles. The van der Waals surface area contributed by atoms with Crippen LogP contribution >= 0.6 is 0 Å². The molecule has 0 unspecified atom stereocenters. The summed E-state index contributed by atoms with van der Waals surface area (Å²) in [5.41, 5.74) is 1.16. The Kier molecular flexibility index (Phi) is 3.08. The highest BCUT2D eigenvalue weighted by atomic mass is 16.5. The van der Waals surface area contributed by atoms with Gasteiger partial charge in [0.05, 0.1) is 5.41 Å². The monoisotopic (exact) mass is 309 g/mol. The molecule has 23 heavy (non-hydrogen) atoms. The number of hydrogen-bond donors (Lipinski definition) is 0. The van der Waals surface area contributed by atoms with E-state index in [0.29, 0.717) is 11.8 Å². The van der Waals surface area contributed by atoms with Gasteiger partial charge in [0.1, 0.15) is 0 Å². The van der Waals surface area contributed by atoms with Gasteiger partial charge in [-0.05, 0) is 49.7 Å². The molecule has 2 saturated carbocycles. The van der Waals surface area contributed by atoms with E-state index < -0.39 is 0 Å². The van der Waals surface area contributed by atoms with Crippen molar-refractivity contribution in [3.63, 3.8) is 0 Å². The van der Waals surface area contributed by atoms with E-state index in [2.05, 4.69) is 10.1 Å². The predicted octanol–water partition coefficient (Wildman–Crippen LogP) is 3.50. The maximum Gasteiger partial charge on any atom is 0.257 e. The smallest absolute Gasteiger partial charge is 0.257 e. The minimum Gasteiger partial charge on any atom is -0.334 e. The van der Waals surface area contributed by atoms with E-state index in [4.69, 9.17) is 9.51 Å². The standard InChI is InChI=1S/C19H23N3O/c1-2-5-15(6-3-1)17-20-18(21-23-17)19-10-4-7-16(19)12-22(13-19)11-14-8-9-14/h1-3,5-6,14,16H,4,7-13H2/t16-,19-/m1/s1. The molecule has 0 amide bonds. The highest BCUT2D eigenvalue weighted by molar-refractivity contribution is 5.52. The number of fused-ring (bicyclic) bond motifs is 1. The zero-order valence-corrected chi connectivity index (χ0v) is 13.4. The van der Waals surface area contributed by atoms with Gasteiger partial charge in [0.25, 0.3) is 5.89 Å². The van der Waals surface area contributed by atoms with Crippen molar-refractivity contribution in [2.45, 2.75) is 37.5 Å². The Morgan fingerprint density at radius 2 is 2.04 bits per heavy atom. The van der Waals surface area contributed by atoms with E-state index in [-0.39, 0.29) is 5.41 Å². The van der Waals surface area contributed by atoms with Gasteiger partial charge in [0.2, 0.25) is 0 Å². The molecule has 2 heterocycles. The fraction of sp³-hybridized carbons (Fsp3) is 0.579. The molecule has 2 atom stereocenters. The summed E-state index contributed by atoms with van der Waals surface area (Å²) in [5, 5.41) is 4.42. The van der Waals surface area contributed by atoms with Gasteiger partial charge in [-0.15, -0.1) is 0 Å². The van der Waals surface area contributed by atoms with Crippen molar-refractivity contribution in [2.24, 2.45) is 11.8 Å². The van der Waals surface area contributed by atoms with Gasteiger partial charge in [-0.2, -0.15) is 4.98 Å². The first kappa shape index (κ1) is 13.7. The topological polar surface area (TPSA) is 42.2 Å². The van der Waals surface area contributed by atoms with E-state index in [9.17, 15) is 0 Å². The Morgan fingerprint density at radius 3 is 2.87 bits per heavy atom. The predicted molar refractivity (Wildman–Crippen MR) is 87.9 cm³/mol. The summed E-state index contributed by atoms with van der Waals surface area (Å²) >= 11 is 0. The fourth-order valence-electron chi connectivity index (χ4n) is 4.69. The van der Waals surface area contributed by atoms with Gasteiger partial charge in [-0.3, -0.25) is 0 Å². The number of benzene rings is 1. The molecule has 0 N–H and O–H groups in total. The molecule has 1 saturated heterocycles. The second-order valence-electron chi connectivity index (χ2n) is 7.67. The maximum atomic E-state index is 5.62. The van der Waals surface area contributed by atoms with Crippen LogP contribution in [0.5, 0.6) is 0 Å². The molecule has 0 radical (unpaired) electrons. The molecule has 3 aliphatic rings. The number of nitrogens with zero attached hydrogens (tertiary/aromatic N) is 3. The summed E-state index contributed by atoms with van der Waals surface area (Å²) in [6.45, 7) is 3.63. The number of aromatic nitrogens is 2. The van der Waals surface area contributed by atoms with Crippen LogP contribution in [0.4, 0.5) is 0 Å². The maximum absolute atomic E-state index is 5.62. The second kappa shape index (κ2) is 5.17. The van der Waals surface area contributed by atoms with Crippen LogP contribution in [0, 0.1) is 11.8 Å². The largest absolute Gasteiger partial charge is 0.334 e. The fourth-order valence-corrected chi connectivity index (χ4v) is 4.69. The lowest BCUT2D eigenvalue weighted by atomic mass is 9.80. The van der Waals surface area contributed by atoms with Gasteiger partial charge < -0.3 is 9.42 Å². The quantitative estimate of drug-likeness (QED) is 0.867. The second-order valence-corrected chi connectivity index (χ2v) is 7.67. The van der Waals surface area contributed by atoms with Crippen molar-refractivity contribution in [3.8, 4) is 11.5 Å². The highest BCUT2D eigenvalue weighted by Gasteiger charge is 2.53. The minimum absolute atomic E-state index is 0.144. The van der Waals surface area contributed by atoms with Crippen molar-refractivity contribution in [1.82, 2.24) is 15.0 Å². The summed E-state index contributed by atoms with van der Waals surface area (Å²) in [5.74, 6) is 3.29. The Bertz CT molecular complexity index is 694. The van der Waals surface area contributed by atoms with Crippen LogP contribution in [0.25, 0.3) is 11.5 Å².